The van der Waals surface area contributed by atoms with Crippen LogP contribution in [-0.4, -0.2) is 6.29 Å². The highest BCUT2D eigenvalue weighted by atomic mass is 16.1. The van der Waals surface area contributed by atoms with Gasteiger partial charge in [0.05, 0.1) is 0 Å². The minimum Gasteiger partial charge on any atom is -0.298 e. The Kier molecular flexibility index (Phi) is 1.65. The Morgan fingerprint density at radius 3 is 3.18 bits per heavy atom. The minimum absolute atomic E-state index is 0.553. The van der Waals surface area contributed by atoms with Gasteiger partial charge < -0.3 is 0 Å². The first-order valence-corrected chi connectivity index (χ1v) is 4.25. The van der Waals surface area contributed by atoms with Crippen molar-refractivity contribution in [1.29, 1.82) is 0 Å². The molecule has 0 N–H and O–H groups in total. The van der Waals surface area contributed by atoms with E-state index in [0.717, 1.165) is 11.9 Å². The van der Waals surface area contributed by atoms with Gasteiger partial charge in [0.2, 0.25) is 0 Å². The van der Waals surface area contributed by atoms with E-state index in [0.29, 0.717) is 11.8 Å². The molecule has 0 aromatic rings. The fourth-order valence-electron chi connectivity index (χ4n) is 2.19. The third kappa shape index (κ3) is 1.05. The molecule has 1 heteroatoms. The summed E-state index contributed by atoms with van der Waals surface area (Å²) in [5, 5.41) is 0. The highest BCUT2D eigenvalue weighted by Gasteiger charge is 2.29. The first-order valence-electron chi connectivity index (χ1n) is 4.25. The maximum atomic E-state index is 10.6. The van der Waals surface area contributed by atoms with Crippen molar-refractivity contribution in [3.8, 4) is 0 Å². The molecule has 1 nitrogen and oxygen atoms in total. The summed E-state index contributed by atoms with van der Waals surface area (Å²) in [5.41, 5.74) is 1.01. The van der Waals surface area contributed by atoms with Crippen LogP contribution < -0.4 is 0 Å². The molecule has 0 amide bonds. The maximum Gasteiger partial charge on any atom is 0.146 e. The van der Waals surface area contributed by atoms with Crippen LogP contribution in [-0.2, 0) is 4.79 Å². The Morgan fingerprint density at radius 1 is 1.45 bits per heavy atom. The summed E-state index contributed by atoms with van der Waals surface area (Å²) < 4.78 is 0. The van der Waals surface area contributed by atoms with Crippen LogP contribution in [0.5, 0.6) is 0 Å². The van der Waals surface area contributed by atoms with Crippen LogP contribution in [0.25, 0.3) is 0 Å². The van der Waals surface area contributed by atoms with Crippen LogP contribution in [0.2, 0.25) is 0 Å². The van der Waals surface area contributed by atoms with E-state index in [4.69, 9.17) is 0 Å². The Hall–Kier alpha value is -0.850. The first kappa shape index (κ1) is 6.84. The third-order valence-corrected chi connectivity index (χ3v) is 2.78. The van der Waals surface area contributed by atoms with Gasteiger partial charge in [0.15, 0.2) is 0 Å². The van der Waals surface area contributed by atoms with Crippen LogP contribution in [0, 0.1) is 11.8 Å². The predicted molar refractivity (Wildman–Crippen MR) is 44.1 cm³/mol. The van der Waals surface area contributed by atoms with Gasteiger partial charge in [0.1, 0.15) is 6.29 Å². The van der Waals surface area contributed by atoms with Crippen molar-refractivity contribution in [2.75, 3.05) is 0 Å². The number of carbonyl (C=O) groups excluding carboxylic acids is 1. The van der Waals surface area contributed by atoms with Gasteiger partial charge in [-0.3, -0.25) is 4.79 Å². The monoisotopic (exact) mass is 148 g/mol. The molecule has 0 heterocycles. The molecule has 0 aliphatic heterocycles. The van der Waals surface area contributed by atoms with E-state index in [2.05, 4.69) is 6.08 Å². The molecule has 0 aromatic heterocycles. The number of fused-ring (bicyclic) bond motifs is 1. The van der Waals surface area contributed by atoms with Crippen molar-refractivity contribution >= 4 is 6.29 Å². The third-order valence-electron chi connectivity index (χ3n) is 2.78. The molecule has 0 radical (unpaired) electrons. The molecule has 0 unspecified atom stereocenters. The van der Waals surface area contributed by atoms with Gasteiger partial charge in [-0.25, -0.2) is 0 Å². The molecule has 0 bridgehead atoms. The number of carbonyl (C=O) groups is 1. The van der Waals surface area contributed by atoms with Crippen LogP contribution in [0.15, 0.2) is 23.8 Å². The summed E-state index contributed by atoms with van der Waals surface area (Å²) in [6, 6.07) is 0. The summed E-state index contributed by atoms with van der Waals surface area (Å²) in [5.74, 6) is 1.22. The molecule has 0 spiro atoms. The summed E-state index contributed by atoms with van der Waals surface area (Å²) in [7, 11) is 0. The highest BCUT2D eigenvalue weighted by molar-refractivity contribution is 5.75. The van der Waals surface area contributed by atoms with E-state index in [-0.39, 0.29) is 0 Å². The fourth-order valence-corrected chi connectivity index (χ4v) is 2.19. The number of hydrogen-bond acceptors (Lipinski definition) is 1. The Morgan fingerprint density at radius 2 is 2.36 bits per heavy atom. The second-order valence-electron chi connectivity index (χ2n) is 3.37. The smallest absolute Gasteiger partial charge is 0.146 e. The second-order valence-corrected chi connectivity index (χ2v) is 3.37. The molecular weight excluding hydrogens is 136 g/mol. The van der Waals surface area contributed by atoms with Crippen LogP contribution >= 0.6 is 0 Å². The van der Waals surface area contributed by atoms with Gasteiger partial charge in [0.25, 0.3) is 0 Å². The summed E-state index contributed by atoms with van der Waals surface area (Å²) in [4.78, 5) is 10.6. The van der Waals surface area contributed by atoms with Crippen molar-refractivity contribution in [3.05, 3.63) is 23.8 Å². The normalized spacial score (nSPS) is 34.7. The molecule has 2 aliphatic rings. The maximum absolute atomic E-state index is 10.6. The average molecular weight is 148 g/mol. The summed E-state index contributed by atoms with van der Waals surface area (Å²) in [6.45, 7) is 0. The molecule has 2 aliphatic carbocycles. The largest absolute Gasteiger partial charge is 0.298 e. The fraction of sp³-hybridized carbons (Fsp3) is 0.500. The van der Waals surface area contributed by atoms with Gasteiger partial charge in [-0.05, 0) is 30.3 Å². The van der Waals surface area contributed by atoms with Crippen molar-refractivity contribution in [2.45, 2.75) is 19.3 Å². The summed E-state index contributed by atoms with van der Waals surface area (Å²) in [6.07, 6.45) is 11.0. The zero-order valence-corrected chi connectivity index (χ0v) is 6.49. The van der Waals surface area contributed by atoms with E-state index in [1.807, 2.05) is 12.2 Å². The molecule has 0 aromatic carbocycles. The molecule has 58 valence electrons. The van der Waals surface area contributed by atoms with Gasteiger partial charge >= 0.3 is 0 Å². The average Bonchev–Trinajstić information content (AvgIpc) is 2.50. The lowest BCUT2D eigenvalue weighted by Gasteiger charge is -2.18. The van der Waals surface area contributed by atoms with Crippen LogP contribution in [0.4, 0.5) is 0 Å². The summed E-state index contributed by atoms with van der Waals surface area (Å²) >= 11 is 0. The molecule has 1 saturated carbocycles. The van der Waals surface area contributed by atoms with Crippen LogP contribution in [0.1, 0.15) is 19.3 Å². The Balaban J connectivity index is 2.26. The molecule has 0 saturated heterocycles. The second kappa shape index (κ2) is 2.65. The number of hydrogen-bond donors (Lipinski definition) is 0. The van der Waals surface area contributed by atoms with Crippen molar-refractivity contribution in [2.24, 2.45) is 11.8 Å². The van der Waals surface area contributed by atoms with E-state index in [1.54, 1.807) is 0 Å². The predicted octanol–water partition coefficient (Wildman–Crippen LogP) is 2.10. The number of rotatable bonds is 1. The Labute approximate surface area is 66.8 Å². The van der Waals surface area contributed by atoms with E-state index >= 15 is 0 Å². The quantitative estimate of drug-likeness (QED) is 0.520. The lowest BCUT2D eigenvalue weighted by molar-refractivity contribution is -0.105. The van der Waals surface area contributed by atoms with E-state index in [1.165, 1.54) is 19.3 Å². The molecule has 1 fully saturated rings. The number of aldehydes is 1. The molecule has 2 atom stereocenters. The molecular formula is C10H12O. The van der Waals surface area contributed by atoms with Gasteiger partial charge in [-0.15, -0.1) is 0 Å². The van der Waals surface area contributed by atoms with Crippen molar-refractivity contribution in [3.63, 3.8) is 0 Å². The van der Waals surface area contributed by atoms with Crippen molar-refractivity contribution in [1.82, 2.24) is 0 Å². The standard InChI is InChI=1S/C10H12O/c11-7-9-5-1-3-8-4-2-6-10(8)9/h1,3,5,7-8,10H,2,4,6H2/t8-,10+/m1/s1. The van der Waals surface area contributed by atoms with E-state index < -0.39 is 0 Å². The number of allylic oxidation sites excluding steroid dienone is 4. The highest BCUT2D eigenvalue weighted by Crippen LogP contribution is 2.38. The lowest BCUT2D eigenvalue weighted by atomic mass is 9.85. The first-order chi connectivity index (χ1) is 5.42. The van der Waals surface area contributed by atoms with Crippen LogP contribution in [0.3, 0.4) is 0 Å². The van der Waals surface area contributed by atoms with Gasteiger partial charge in [-0.2, -0.15) is 0 Å². The van der Waals surface area contributed by atoms with Gasteiger partial charge in [-0.1, -0.05) is 24.6 Å². The molecule has 2 rings (SSSR count). The van der Waals surface area contributed by atoms with Gasteiger partial charge in [0, 0.05) is 0 Å². The topological polar surface area (TPSA) is 17.1 Å². The van der Waals surface area contributed by atoms with Crippen molar-refractivity contribution < 1.29 is 4.79 Å². The Bertz CT molecular complexity index is 225. The minimum atomic E-state index is 0.553. The molecule has 11 heavy (non-hydrogen) atoms. The zero-order chi connectivity index (χ0) is 7.68. The van der Waals surface area contributed by atoms with E-state index in [9.17, 15) is 4.79 Å². The zero-order valence-electron chi connectivity index (χ0n) is 6.49. The lowest BCUT2D eigenvalue weighted by Crippen LogP contribution is -2.11. The SMILES string of the molecule is O=CC1=CC=C[C@@H]2CCC[C@H]12.